The molecule has 1 aromatic rings. The maximum Gasteiger partial charge on any atom is 0.405 e. The number of methoxy groups -OCH3 is 2. The molecule has 0 aromatic heterocycles. The van der Waals surface area contributed by atoms with Crippen LogP contribution in [0.3, 0.4) is 0 Å². The molecule has 0 unspecified atom stereocenters. The number of rotatable bonds is 5. The van der Waals surface area contributed by atoms with Crippen LogP contribution in [0.15, 0.2) is 24.3 Å². The average Bonchev–Trinajstić information content (AvgIpc) is 2.41. The minimum Gasteiger partial charge on any atom is -0.493 e. The normalized spacial score (nSPS) is 11.4. The first-order valence-corrected chi connectivity index (χ1v) is 5.60. The molecule has 20 heavy (non-hydrogen) atoms. The summed E-state index contributed by atoms with van der Waals surface area (Å²) in [6.07, 6.45) is -2.02. The fourth-order valence-corrected chi connectivity index (χ4v) is 1.37. The molecule has 0 fully saturated rings. The average molecular weight is 289 g/mol. The Kier molecular flexibility index (Phi) is 5.42. The predicted molar refractivity (Wildman–Crippen MR) is 67.6 cm³/mol. The number of alkyl halides is 3. The van der Waals surface area contributed by atoms with Gasteiger partial charge >= 0.3 is 6.18 Å². The Balaban J connectivity index is 2.68. The van der Waals surface area contributed by atoms with Crippen molar-refractivity contribution in [2.75, 3.05) is 20.8 Å². The Labute approximate surface area is 114 Å². The number of carbonyl (C=O) groups is 1. The molecule has 0 atom stereocenters. The van der Waals surface area contributed by atoms with Crippen LogP contribution in [0, 0.1) is 0 Å². The molecule has 7 heteroatoms. The van der Waals surface area contributed by atoms with Crippen molar-refractivity contribution >= 4 is 12.0 Å². The van der Waals surface area contributed by atoms with Gasteiger partial charge in [-0.1, -0.05) is 6.07 Å². The highest BCUT2D eigenvalue weighted by Crippen LogP contribution is 2.27. The van der Waals surface area contributed by atoms with Crippen molar-refractivity contribution in [3.8, 4) is 11.5 Å². The predicted octanol–water partition coefficient (Wildman–Crippen LogP) is 2.40. The van der Waals surface area contributed by atoms with E-state index in [4.69, 9.17) is 9.47 Å². The lowest BCUT2D eigenvalue weighted by atomic mass is 10.2. The maximum atomic E-state index is 11.9. The van der Waals surface area contributed by atoms with E-state index in [1.54, 1.807) is 23.5 Å². The first-order chi connectivity index (χ1) is 9.35. The second kappa shape index (κ2) is 6.83. The van der Waals surface area contributed by atoms with Crippen molar-refractivity contribution in [1.82, 2.24) is 5.32 Å². The zero-order valence-electron chi connectivity index (χ0n) is 11.0. The molecule has 0 aliphatic carbocycles. The highest BCUT2D eigenvalue weighted by Gasteiger charge is 2.27. The van der Waals surface area contributed by atoms with Crippen LogP contribution in [0.2, 0.25) is 0 Å². The lowest BCUT2D eigenvalue weighted by molar-refractivity contribution is -0.135. The van der Waals surface area contributed by atoms with E-state index in [1.807, 2.05) is 0 Å². The summed E-state index contributed by atoms with van der Waals surface area (Å²) in [6, 6.07) is 4.88. The van der Waals surface area contributed by atoms with Crippen LogP contribution in [-0.2, 0) is 4.79 Å². The molecule has 0 aliphatic rings. The van der Waals surface area contributed by atoms with E-state index < -0.39 is 18.6 Å². The van der Waals surface area contributed by atoms with Gasteiger partial charge in [0.25, 0.3) is 0 Å². The summed E-state index contributed by atoms with van der Waals surface area (Å²) in [5.74, 6) is 0.161. The topological polar surface area (TPSA) is 47.6 Å². The molecule has 0 heterocycles. The van der Waals surface area contributed by atoms with E-state index in [1.165, 1.54) is 20.3 Å². The monoisotopic (exact) mass is 289 g/mol. The zero-order valence-corrected chi connectivity index (χ0v) is 11.0. The lowest BCUT2D eigenvalue weighted by Gasteiger charge is -2.08. The number of carbonyl (C=O) groups excluding carboxylic acids is 1. The maximum absolute atomic E-state index is 11.9. The van der Waals surface area contributed by atoms with Gasteiger partial charge in [-0.3, -0.25) is 4.79 Å². The van der Waals surface area contributed by atoms with Crippen molar-refractivity contribution in [3.63, 3.8) is 0 Å². The van der Waals surface area contributed by atoms with Crippen LogP contribution < -0.4 is 14.8 Å². The van der Waals surface area contributed by atoms with Crippen LogP contribution in [0.1, 0.15) is 5.56 Å². The van der Waals surface area contributed by atoms with E-state index in [9.17, 15) is 18.0 Å². The molecule has 0 radical (unpaired) electrons. The summed E-state index contributed by atoms with van der Waals surface area (Å²) in [6.45, 7) is -1.36. The number of hydrogen-bond donors (Lipinski definition) is 1. The molecule has 0 aliphatic heterocycles. The van der Waals surface area contributed by atoms with Crippen molar-refractivity contribution < 1.29 is 27.4 Å². The molecule has 0 spiro atoms. The van der Waals surface area contributed by atoms with Gasteiger partial charge in [0.15, 0.2) is 11.5 Å². The fraction of sp³-hybridized carbons (Fsp3) is 0.308. The highest BCUT2D eigenvalue weighted by molar-refractivity contribution is 5.91. The third-order valence-corrected chi connectivity index (χ3v) is 2.30. The van der Waals surface area contributed by atoms with Gasteiger partial charge in [-0.15, -0.1) is 0 Å². The Morgan fingerprint density at radius 1 is 1.25 bits per heavy atom. The van der Waals surface area contributed by atoms with Crippen molar-refractivity contribution in [2.45, 2.75) is 6.18 Å². The van der Waals surface area contributed by atoms with E-state index in [2.05, 4.69) is 0 Å². The van der Waals surface area contributed by atoms with Crippen molar-refractivity contribution in [2.24, 2.45) is 0 Å². The Morgan fingerprint density at radius 2 is 1.90 bits per heavy atom. The van der Waals surface area contributed by atoms with E-state index >= 15 is 0 Å². The molecule has 110 valence electrons. The van der Waals surface area contributed by atoms with Gasteiger partial charge in [-0.25, -0.2) is 0 Å². The number of nitrogens with one attached hydrogen (secondary N) is 1. The molecule has 1 rings (SSSR count). The van der Waals surface area contributed by atoms with Crippen LogP contribution in [0.4, 0.5) is 13.2 Å². The van der Waals surface area contributed by atoms with Gasteiger partial charge in [0, 0.05) is 6.08 Å². The number of hydrogen-bond acceptors (Lipinski definition) is 3. The molecule has 0 saturated heterocycles. The fourth-order valence-electron chi connectivity index (χ4n) is 1.37. The van der Waals surface area contributed by atoms with Crippen LogP contribution >= 0.6 is 0 Å². The van der Waals surface area contributed by atoms with Gasteiger partial charge in [0.2, 0.25) is 5.91 Å². The summed E-state index contributed by atoms with van der Waals surface area (Å²) in [5.41, 5.74) is 0.602. The largest absolute Gasteiger partial charge is 0.493 e. The van der Waals surface area contributed by atoms with Gasteiger partial charge in [0.1, 0.15) is 6.54 Å². The van der Waals surface area contributed by atoms with Crippen LogP contribution in [-0.4, -0.2) is 32.8 Å². The van der Waals surface area contributed by atoms with E-state index in [0.717, 1.165) is 6.08 Å². The molecule has 0 saturated carbocycles. The second-order valence-corrected chi connectivity index (χ2v) is 3.78. The molecule has 1 N–H and O–H groups in total. The Hall–Kier alpha value is -2.18. The summed E-state index contributed by atoms with van der Waals surface area (Å²) in [7, 11) is 2.94. The zero-order chi connectivity index (χ0) is 15.2. The molecule has 1 aromatic carbocycles. The van der Waals surface area contributed by atoms with Gasteiger partial charge in [-0.2, -0.15) is 13.2 Å². The van der Waals surface area contributed by atoms with Crippen LogP contribution in [0.5, 0.6) is 11.5 Å². The minimum atomic E-state index is -4.42. The summed E-state index contributed by atoms with van der Waals surface area (Å²) in [4.78, 5) is 11.2. The first kappa shape index (κ1) is 15.9. The Bertz CT molecular complexity index is 498. The molecule has 1 amide bonds. The SMILES string of the molecule is COc1ccc(C=CC(=O)NCC(F)(F)F)cc1OC. The highest BCUT2D eigenvalue weighted by atomic mass is 19.4. The number of benzene rings is 1. The standard InChI is InChI=1S/C13H14F3NO3/c1-19-10-5-3-9(7-11(10)20-2)4-6-12(18)17-8-13(14,15)16/h3-7H,8H2,1-2H3,(H,17,18). The molecule has 4 nitrogen and oxygen atoms in total. The minimum absolute atomic E-state index is 0.463. The van der Waals surface area contributed by atoms with Gasteiger partial charge < -0.3 is 14.8 Å². The smallest absolute Gasteiger partial charge is 0.405 e. The van der Waals surface area contributed by atoms with Crippen molar-refractivity contribution in [1.29, 1.82) is 0 Å². The molecular formula is C13H14F3NO3. The second-order valence-electron chi connectivity index (χ2n) is 3.78. The lowest BCUT2D eigenvalue weighted by Crippen LogP contribution is -2.32. The summed E-state index contributed by atoms with van der Waals surface area (Å²) >= 11 is 0. The number of ether oxygens (including phenoxy) is 2. The third kappa shape index (κ3) is 5.21. The number of amides is 1. The molecular weight excluding hydrogens is 275 g/mol. The van der Waals surface area contributed by atoms with Crippen LogP contribution in [0.25, 0.3) is 6.08 Å². The Morgan fingerprint density at radius 3 is 2.45 bits per heavy atom. The third-order valence-electron chi connectivity index (χ3n) is 2.30. The number of halogens is 3. The first-order valence-electron chi connectivity index (χ1n) is 5.60. The van der Waals surface area contributed by atoms with E-state index in [0.29, 0.717) is 17.1 Å². The van der Waals surface area contributed by atoms with Crippen molar-refractivity contribution in [3.05, 3.63) is 29.8 Å². The van der Waals surface area contributed by atoms with E-state index in [-0.39, 0.29) is 0 Å². The molecule has 0 bridgehead atoms. The quantitative estimate of drug-likeness (QED) is 0.847. The summed E-state index contributed by atoms with van der Waals surface area (Å²) in [5, 5.41) is 1.74. The summed E-state index contributed by atoms with van der Waals surface area (Å²) < 4.78 is 45.8. The van der Waals surface area contributed by atoms with Gasteiger partial charge in [0.05, 0.1) is 14.2 Å². The van der Waals surface area contributed by atoms with Gasteiger partial charge in [-0.05, 0) is 23.8 Å².